The minimum Gasteiger partial charge on any atom is -0.327 e. The highest BCUT2D eigenvalue weighted by Gasteiger charge is 2.23. The molecule has 21 heavy (non-hydrogen) atoms. The zero-order chi connectivity index (χ0) is 15.2. The van der Waals surface area contributed by atoms with Crippen LogP contribution < -0.4 is 4.90 Å². The van der Waals surface area contributed by atoms with Crippen molar-refractivity contribution in [3.8, 4) is 0 Å². The van der Waals surface area contributed by atoms with Gasteiger partial charge in [0, 0.05) is 24.2 Å². The normalized spacial score (nSPS) is 16.1. The molecule has 1 aromatic rings. The van der Waals surface area contributed by atoms with Gasteiger partial charge in [-0.2, -0.15) is 0 Å². The van der Waals surface area contributed by atoms with Gasteiger partial charge in [0.25, 0.3) is 0 Å². The summed E-state index contributed by atoms with van der Waals surface area (Å²) in [6.07, 6.45) is 2.08. The molecule has 0 saturated carbocycles. The lowest BCUT2D eigenvalue weighted by atomic mass is 10.0. The maximum absolute atomic E-state index is 4.84. The van der Waals surface area contributed by atoms with Gasteiger partial charge in [-0.25, -0.2) is 0 Å². The van der Waals surface area contributed by atoms with Gasteiger partial charge in [0.05, 0.1) is 0 Å². The number of hydrogen-bond acceptors (Lipinski definition) is 1. The molecule has 0 bridgehead atoms. The largest absolute Gasteiger partial charge is 0.327 e. The number of hydrogen-bond donors (Lipinski definition) is 0. The quantitative estimate of drug-likeness (QED) is 0.762. The van der Waals surface area contributed by atoms with Crippen LogP contribution in [0.3, 0.4) is 0 Å². The summed E-state index contributed by atoms with van der Waals surface area (Å²) < 4.78 is 0. The molecule has 1 aliphatic heterocycles. The highest BCUT2D eigenvalue weighted by molar-refractivity contribution is 6.00. The van der Waals surface area contributed by atoms with Gasteiger partial charge < -0.3 is 4.90 Å². The summed E-state index contributed by atoms with van der Waals surface area (Å²) in [5, 5.41) is 0. The Kier molecular flexibility index (Phi) is 5.38. The average Bonchev–Trinajstić information content (AvgIpc) is 2.43. The Hall–Kier alpha value is -1.83. The zero-order valence-electron chi connectivity index (χ0n) is 13.6. The first-order valence-electron chi connectivity index (χ1n) is 7.86. The third kappa shape index (κ3) is 4.07. The van der Waals surface area contributed by atoms with Crippen molar-refractivity contribution in [3.05, 3.63) is 54.1 Å². The number of aliphatic imine (C=N–C) groups is 1. The van der Waals surface area contributed by atoms with Crippen molar-refractivity contribution >= 4 is 11.5 Å². The Labute approximate surface area is 128 Å². The molecule has 0 saturated heterocycles. The Morgan fingerprint density at radius 3 is 2.10 bits per heavy atom. The van der Waals surface area contributed by atoms with E-state index in [1.807, 2.05) is 0 Å². The molecule has 0 radical (unpaired) electrons. The van der Waals surface area contributed by atoms with Crippen LogP contribution in [0.25, 0.3) is 0 Å². The number of rotatable bonds is 2. The summed E-state index contributed by atoms with van der Waals surface area (Å²) >= 11 is 0. The van der Waals surface area contributed by atoms with Gasteiger partial charge in [0.15, 0.2) is 0 Å². The van der Waals surface area contributed by atoms with Gasteiger partial charge in [-0.05, 0) is 45.7 Å². The predicted molar refractivity (Wildman–Crippen MR) is 92.6 cm³/mol. The summed E-state index contributed by atoms with van der Waals surface area (Å²) in [6.45, 7) is 8.76. The van der Waals surface area contributed by atoms with Crippen molar-refractivity contribution in [1.29, 1.82) is 0 Å². The highest BCUT2D eigenvalue weighted by Crippen LogP contribution is 2.28. The van der Waals surface area contributed by atoms with Crippen LogP contribution in [-0.4, -0.2) is 17.9 Å². The zero-order valence-corrected chi connectivity index (χ0v) is 13.6. The fourth-order valence-electron chi connectivity index (χ4n) is 2.72. The molecule has 0 amide bonds. The molecule has 2 nitrogen and oxygen atoms in total. The Morgan fingerprint density at radius 1 is 0.857 bits per heavy atom. The van der Waals surface area contributed by atoms with Crippen molar-refractivity contribution < 1.29 is 0 Å². The van der Waals surface area contributed by atoms with E-state index in [-0.39, 0.29) is 0 Å². The van der Waals surface area contributed by atoms with E-state index in [0.29, 0.717) is 12.1 Å². The van der Waals surface area contributed by atoms with E-state index >= 15 is 0 Å². The smallest absolute Gasteiger partial charge is 0.104 e. The molecule has 0 unspecified atom stereocenters. The summed E-state index contributed by atoms with van der Waals surface area (Å²) in [6, 6.07) is 17.7. The molecule has 1 aromatic carbocycles. The summed E-state index contributed by atoms with van der Waals surface area (Å²) in [5.74, 6) is 1.22. The standard InChI is InChI=1S/C19H26N2/c1-15(2)20-19-14-13-17-11-9-7-5-6-8-10-12-18(17)21(19)16(3)4/h5-12,15-16H,13-14H2,1-4H3/b6-5?,7-5?,8-6?,9-7?,10-8?,11-9?,12-10?,17-11?,18-12?,20-19+. The SMILES string of the molecule is CC(C)/N=C1\CCc2ccccccccc2N1C(C)C. The highest BCUT2D eigenvalue weighted by atomic mass is 15.2. The maximum atomic E-state index is 4.84. The predicted octanol–water partition coefficient (Wildman–Crippen LogP) is 4.78. The summed E-state index contributed by atoms with van der Waals surface area (Å²) in [7, 11) is 0. The van der Waals surface area contributed by atoms with Crippen LogP contribution in [0.1, 0.15) is 39.7 Å². The lowest BCUT2D eigenvalue weighted by Gasteiger charge is -2.35. The molecular weight excluding hydrogens is 256 g/mol. The van der Waals surface area contributed by atoms with Crippen LogP contribution in [0.4, 0.5) is 5.69 Å². The minimum absolute atomic E-state index is 0.338. The van der Waals surface area contributed by atoms with Crippen molar-refractivity contribution in [2.24, 2.45) is 4.99 Å². The number of anilines is 1. The van der Waals surface area contributed by atoms with E-state index in [9.17, 15) is 0 Å². The van der Waals surface area contributed by atoms with Gasteiger partial charge in [-0.1, -0.05) is 42.5 Å². The molecule has 112 valence electrons. The summed E-state index contributed by atoms with van der Waals surface area (Å²) in [5.41, 5.74) is 2.68. The first-order valence-corrected chi connectivity index (χ1v) is 7.86. The Morgan fingerprint density at radius 2 is 1.48 bits per heavy atom. The lowest BCUT2D eigenvalue weighted by Crippen LogP contribution is -2.40. The number of fused-ring (bicyclic) bond motifs is 1. The van der Waals surface area contributed by atoms with Crippen LogP contribution in [0.2, 0.25) is 0 Å². The van der Waals surface area contributed by atoms with E-state index < -0.39 is 0 Å². The van der Waals surface area contributed by atoms with Crippen molar-refractivity contribution in [1.82, 2.24) is 0 Å². The number of nitrogens with zero attached hydrogens (tertiary/aromatic N) is 2. The second-order valence-electron chi connectivity index (χ2n) is 6.00. The van der Waals surface area contributed by atoms with Gasteiger partial charge in [0.1, 0.15) is 5.84 Å². The van der Waals surface area contributed by atoms with E-state index in [1.165, 1.54) is 17.1 Å². The Bertz CT molecular complexity index is 557. The molecule has 0 aromatic heterocycles. The maximum Gasteiger partial charge on any atom is 0.104 e. The van der Waals surface area contributed by atoms with Crippen molar-refractivity contribution in [2.45, 2.75) is 52.6 Å². The summed E-state index contributed by atoms with van der Waals surface area (Å²) in [4.78, 5) is 7.23. The molecule has 2 heteroatoms. The molecule has 1 aliphatic rings. The molecule has 2 rings (SSSR count). The molecule has 0 N–H and O–H groups in total. The fraction of sp³-hybridized carbons (Fsp3) is 0.421. The van der Waals surface area contributed by atoms with Gasteiger partial charge in [-0.15, -0.1) is 0 Å². The van der Waals surface area contributed by atoms with Gasteiger partial charge in [-0.3, -0.25) is 4.99 Å². The first-order chi connectivity index (χ1) is 10.1. The van der Waals surface area contributed by atoms with Crippen LogP contribution in [0.15, 0.2) is 53.5 Å². The molecule has 0 atom stereocenters. The lowest BCUT2D eigenvalue weighted by molar-refractivity contribution is 0.744. The number of amidine groups is 1. The van der Waals surface area contributed by atoms with E-state index in [1.54, 1.807) is 0 Å². The topological polar surface area (TPSA) is 15.6 Å². The molecule has 1 heterocycles. The van der Waals surface area contributed by atoms with Gasteiger partial charge >= 0.3 is 0 Å². The van der Waals surface area contributed by atoms with E-state index in [4.69, 9.17) is 4.99 Å². The third-order valence-corrected chi connectivity index (χ3v) is 3.52. The molecule has 0 spiro atoms. The second-order valence-corrected chi connectivity index (χ2v) is 6.00. The van der Waals surface area contributed by atoms with Gasteiger partial charge in [0.2, 0.25) is 0 Å². The molecule has 0 aliphatic carbocycles. The van der Waals surface area contributed by atoms with E-state index in [0.717, 1.165) is 12.8 Å². The van der Waals surface area contributed by atoms with Crippen molar-refractivity contribution in [2.75, 3.05) is 4.90 Å². The molecule has 0 fully saturated rings. The molecular formula is C19H26N2. The monoisotopic (exact) mass is 282 g/mol. The van der Waals surface area contributed by atoms with Crippen molar-refractivity contribution in [3.63, 3.8) is 0 Å². The average molecular weight is 282 g/mol. The fourth-order valence-corrected chi connectivity index (χ4v) is 2.72. The number of aryl methyl sites for hydroxylation is 1. The Balaban J connectivity index is 2.58. The van der Waals surface area contributed by atoms with E-state index in [2.05, 4.69) is 81.1 Å². The minimum atomic E-state index is 0.338. The van der Waals surface area contributed by atoms with Crippen LogP contribution in [0, 0.1) is 0 Å². The third-order valence-electron chi connectivity index (χ3n) is 3.52. The van der Waals surface area contributed by atoms with Crippen LogP contribution in [0.5, 0.6) is 0 Å². The van der Waals surface area contributed by atoms with Crippen LogP contribution in [-0.2, 0) is 6.42 Å². The second kappa shape index (κ2) is 7.26. The first kappa shape index (κ1) is 15.6. The van der Waals surface area contributed by atoms with Crippen LogP contribution >= 0.6 is 0 Å².